The number of sulfonamides is 1. The van der Waals surface area contributed by atoms with Crippen molar-refractivity contribution in [3.63, 3.8) is 0 Å². The highest BCUT2D eigenvalue weighted by atomic mass is 32.2. The van der Waals surface area contributed by atoms with E-state index < -0.39 is 16.1 Å². The van der Waals surface area contributed by atoms with Crippen molar-refractivity contribution in [3.05, 3.63) is 95.6 Å². The van der Waals surface area contributed by atoms with Crippen LogP contribution in [0.15, 0.2) is 83.8 Å². The van der Waals surface area contributed by atoms with Crippen molar-refractivity contribution in [1.82, 2.24) is 4.72 Å². The molecular weight excluding hydrogens is 396 g/mol. The van der Waals surface area contributed by atoms with Crippen LogP contribution < -0.4 is 9.62 Å². The van der Waals surface area contributed by atoms with E-state index in [1.807, 2.05) is 61.5 Å². The van der Waals surface area contributed by atoms with Crippen molar-refractivity contribution in [2.75, 3.05) is 11.4 Å². The van der Waals surface area contributed by atoms with Crippen LogP contribution in [0.25, 0.3) is 0 Å². The van der Waals surface area contributed by atoms with Crippen molar-refractivity contribution in [3.8, 4) is 0 Å². The van der Waals surface area contributed by atoms with Crippen LogP contribution in [-0.2, 0) is 14.8 Å². The van der Waals surface area contributed by atoms with Gasteiger partial charge in [0.1, 0.15) is 0 Å². The first-order chi connectivity index (χ1) is 14.5. The van der Waals surface area contributed by atoms with Gasteiger partial charge in [0.25, 0.3) is 0 Å². The Morgan fingerprint density at radius 3 is 2.20 bits per heavy atom. The first kappa shape index (κ1) is 20.3. The van der Waals surface area contributed by atoms with Gasteiger partial charge < -0.3 is 4.90 Å². The highest BCUT2D eigenvalue weighted by Crippen LogP contribution is 2.28. The molecule has 1 aliphatic heterocycles. The Morgan fingerprint density at radius 1 is 0.900 bits per heavy atom. The Balaban J connectivity index is 1.65. The standard InChI is InChI=1S/C24H24N2O3S/c1-18-8-5-6-11-22(18)24(19-9-3-2-4-10-19)25-30(28,29)21-15-13-20(14-16-21)26-17-7-12-23(26)27/h2-6,8-11,13-16,24-25H,7,12,17H2,1H3/t24-/m1/s1. The SMILES string of the molecule is Cc1ccccc1[C@H](NS(=O)(=O)c1ccc(N2CCCC2=O)cc1)c1ccccc1. The van der Waals surface area contributed by atoms with Crippen molar-refractivity contribution < 1.29 is 13.2 Å². The molecule has 1 N–H and O–H groups in total. The summed E-state index contributed by atoms with van der Waals surface area (Å²) in [4.78, 5) is 13.8. The summed E-state index contributed by atoms with van der Waals surface area (Å²) in [5, 5.41) is 0. The van der Waals surface area contributed by atoms with Crippen LogP contribution in [0, 0.1) is 6.92 Å². The van der Waals surface area contributed by atoms with E-state index in [4.69, 9.17) is 0 Å². The van der Waals surface area contributed by atoms with Gasteiger partial charge >= 0.3 is 0 Å². The fourth-order valence-corrected chi connectivity index (χ4v) is 5.02. The molecule has 0 radical (unpaired) electrons. The number of nitrogens with zero attached hydrogens (tertiary/aromatic N) is 1. The number of benzene rings is 3. The number of rotatable bonds is 6. The third-order valence-electron chi connectivity index (χ3n) is 5.44. The summed E-state index contributed by atoms with van der Waals surface area (Å²) in [7, 11) is -3.78. The van der Waals surface area contributed by atoms with Crippen LogP contribution in [0.3, 0.4) is 0 Å². The number of nitrogens with one attached hydrogen (secondary N) is 1. The van der Waals surface area contributed by atoms with Gasteiger partial charge in [-0.25, -0.2) is 8.42 Å². The van der Waals surface area contributed by atoms with E-state index in [0.29, 0.717) is 13.0 Å². The fourth-order valence-electron chi connectivity index (χ4n) is 3.82. The first-order valence-electron chi connectivity index (χ1n) is 9.99. The number of carbonyl (C=O) groups excluding carboxylic acids is 1. The van der Waals surface area contributed by atoms with Crippen molar-refractivity contribution in [2.24, 2.45) is 0 Å². The molecule has 1 atom stereocenters. The van der Waals surface area contributed by atoms with Gasteiger partial charge in [-0.3, -0.25) is 4.79 Å². The Bertz CT molecular complexity index is 1140. The second-order valence-electron chi connectivity index (χ2n) is 7.46. The summed E-state index contributed by atoms with van der Waals surface area (Å²) >= 11 is 0. The Hall–Kier alpha value is -2.96. The van der Waals surface area contributed by atoms with Gasteiger partial charge in [-0.2, -0.15) is 4.72 Å². The summed E-state index contributed by atoms with van der Waals surface area (Å²) in [5.74, 6) is 0.0763. The average Bonchev–Trinajstić information content (AvgIpc) is 3.19. The predicted molar refractivity (Wildman–Crippen MR) is 118 cm³/mol. The number of amides is 1. The lowest BCUT2D eigenvalue weighted by Gasteiger charge is -2.22. The number of hydrogen-bond acceptors (Lipinski definition) is 3. The molecule has 1 amide bonds. The van der Waals surface area contributed by atoms with Gasteiger partial charge in [0.05, 0.1) is 10.9 Å². The fraction of sp³-hybridized carbons (Fsp3) is 0.208. The van der Waals surface area contributed by atoms with E-state index in [2.05, 4.69) is 4.72 Å². The van der Waals surface area contributed by atoms with E-state index in [0.717, 1.165) is 28.8 Å². The smallest absolute Gasteiger partial charge is 0.241 e. The van der Waals surface area contributed by atoms with Gasteiger partial charge in [0, 0.05) is 18.7 Å². The molecule has 1 saturated heterocycles. The monoisotopic (exact) mass is 420 g/mol. The molecule has 1 heterocycles. The lowest BCUT2D eigenvalue weighted by atomic mass is 9.96. The van der Waals surface area contributed by atoms with E-state index in [9.17, 15) is 13.2 Å². The number of aryl methyl sites for hydroxylation is 1. The third kappa shape index (κ3) is 4.15. The van der Waals surface area contributed by atoms with Gasteiger partial charge in [0.15, 0.2) is 0 Å². The predicted octanol–water partition coefficient (Wildman–Crippen LogP) is 4.19. The Kier molecular flexibility index (Phi) is 5.70. The third-order valence-corrected chi connectivity index (χ3v) is 6.88. The average molecular weight is 421 g/mol. The lowest BCUT2D eigenvalue weighted by Crippen LogP contribution is -2.30. The zero-order valence-electron chi connectivity index (χ0n) is 16.8. The molecule has 1 fully saturated rings. The zero-order chi connectivity index (χ0) is 21.1. The van der Waals surface area contributed by atoms with E-state index in [1.165, 1.54) is 0 Å². The maximum atomic E-state index is 13.2. The summed E-state index contributed by atoms with van der Waals surface area (Å²) in [6.45, 7) is 2.65. The molecule has 5 nitrogen and oxygen atoms in total. The first-order valence-corrected chi connectivity index (χ1v) is 11.5. The maximum Gasteiger partial charge on any atom is 0.241 e. The van der Waals surface area contributed by atoms with Crippen LogP contribution in [0.1, 0.15) is 35.6 Å². The molecule has 0 spiro atoms. The Morgan fingerprint density at radius 2 is 1.57 bits per heavy atom. The molecule has 0 bridgehead atoms. The molecule has 0 aromatic heterocycles. The second kappa shape index (κ2) is 8.42. The quantitative estimate of drug-likeness (QED) is 0.650. The van der Waals surface area contributed by atoms with Crippen molar-refractivity contribution >= 4 is 21.6 Å². The van der Waals surface area contributed by atoms with E-state index in [1.54, 1.807) is 29.2 Å². The number of carbonyl (C=O) groups is 1. The maximum absolute atomic E-state index is 13.2. The molecule has 1 aliphatic rings. The molecule has 4 rings (SSSR count). The van der Waals surface area contributed by atoms with Crippen molar-refractivity contribution in [1.29, 1.82) is 0 Å². The van der Waals surface area contributed by atoms with Gasteiger partial charge in [0.2, 0.25) is 15.9 Å². The molecule has 3 aromatic rings. The van der Waals surface area contributed by atoms with Gasteiger partial charge in [-0.05, 0) is 54.3 Å². The van der Waals surface area contributed by atoms with Crippen LogP contribution in [0.4, 0.5) is 5.69 Å². The van der Waals surface area contributed by atoms with E-state index >= 15 is 0 Å². The normalized spacial score (nSPS) is 15.4. The molecule has 3 aromatic carbocycles. The minimum absolute atomic E-state index is 0.0763. The highest BCUT2D eigenvalue weighted by molar-refractivity contribution is 7.89. The van der Waals surface area contributed by atoms with Crippen LogP contribution in [0.2, 0.25) is 0 Å². The van der Waals surface area contributed by atoms with E-state index in [-0.39, 0.29) is 10.8 Å². The minimum atomic E-state index is -3.78. The molecule has 30 heavy (non-hydrogen) atoms. The van der Waals surface area contributed by atoms with Crippen molar-refractivity contribution in [2.45, 2.75) is 30.7 Å². The largest absolute Gasteiger partial charge is 0.312 e. The van der Waals surface area contributed by atoms with Gasteiger partial charge in [-0.1, -0.05) is 54.6 Å². The molecule has 6 heteroatoms. The summed E-state index contributed by atoms with van der Waals surface area (Å²) in [6, 6.07) is 23.3. The Labute approximate surface area is 177 Å². The number of anilines is 1. The topological polar surface area (TPSA) is 66.5 Å². The highest BCUT2D eigenvalue weighted by Gasteiger charge is 2.25. The van der Waals surface area contributed by atoms with Crippen LogP contribution >= 0.6 is 0 Å². The van der Waals surface area contributed by atoms with Crippen LogP contribution in [-0.4, -0.2) is 20.9 Å². The zero-order valence-corrected chi connectivity index (χ0v) is 17.6. The number of hydrogen-bond donors (Lipinski definition) is 1. The summed E-state index contributed by atoms with van der Waals surface area (Å²) < 4.78 is 29.3. The molecule has 154 valence electrons. The molecular formula is C24H24N2O3S. The molecule has 0 unspecified atom stereocenters. The molecule has 0 saturated carbocycles. The van der Waals surface area contributed by atoms with Crippen LogP contribution in [0.5, 0.6) is 0 Å². The van der Waals surface area contributed by atoms with Gasteiger partial charge in [-0.15, -0.1) is 0 Å². The lowest BCUT2D eigenvalue weighted by molar-refractivity contribution is -0.117. The minimum Gasteiger partial charge on any atom is -0.312 e. The second-order valence-corrected chi connectivity index (χ2v) is 9.18. The molecule has 0 aliphatic carbocycles. The summed E-state index contributed by atoms with van der Waals surface area (Å²) in [6.07, 6.45) is 1.37. The summed E-state index contributed by atoms with van der Waals surface area (Å²) in [5.41, 5.74) is 3.52.